The molecule has 2 aromatic rings. The normalized spacial score (nSPS) is 10.3. The lowest BCUT2D eigenvalue weighted by atomic mass is 10.1. The highest BCUT2D eigenvalue weighted by molar-refractivity contribution is 9.10. The topological polar surface area (TPSA) is 36.7 Å². The molecule has 2 nitrogen and oxygen atoms in total. The van der Waals surface area contributed by atoms with Crippen LogP contribution in [0.15, 0.2) is 22.8 Å². The van der Waals surface area contributed by atoms with Crippen molar-refractivity contribution < 1.29 is 0 Å². The Bertz CT molecular complexity index is 590. The average molecular weight is 302 g/mol. The number of halogens is 3. The predicted molar refractivity (Wildman–Crippen MR) is 64.2 cm³/mol. The lowest BCUT2D eigenvalue weighted by Gasteiger charge is -2.04. The van der Waals surface area contributed by atoms with Crippen LogP contribution in [0, 0.1) is 11.3 Å². The quantitative estimate of drug-likeness (QED) is 0.732. The van der Waals surface area contributed by atoms with E-state index in [1.165, 1.54) is 0 Å². The Morgan fingerprint density at radius 3 is 2.73 bits per heavy atom. The van der Waals surface area contributed by atoms with Gasteiger partial charge in [-0.25, -0.2) is 4.98 Å². The van der Waals surface area contributed by atoms with Crippen LogP contribution in [0.2, 0.25) is 10.0 Å². The van der Waals surface area contributed by atoms with Gasteiger partial charge in [0.05, 0.1) is 5.02 Å². The number of aromatic nitrogens is 1. The van der Waals surface area contributed by atoms with Crippen LogP contribution in [0.1, 0.15) is 5.69 Å². The number of fused-ring (bicyclic) bond motifs is 1. The molecule has 0 atom stereocenters. The van der Waals surface area contributed by atoms with E-state index in [4.69, 9.17) is 28.5 Å². The van der Waals surface area contributed by atoms with Gasteiger partial charge in [0.2, 0.25) is 0 Å². The first-order valence-electron chi connectivity index (χ1n) is 3.97. The first-order valence-corrected chi connectivity index (χ1v) is 5.51. The van der Waals surface area contributed by atoms with E-state index in [1.807, 2.05) is 6.07 Å². The maximum absolute atomic E-state index is 8.89. The molecule has 1 aromatic heterocycles. The molecule has 0 aliphatic carbocycles. The van der Waals surface area contributed by atoms with Crippen LogP contribution in [-0.2, 0) is 0 Å². The summed E-state index contributed by atoms with van der Waals surface area (Å²) < 4.78 is 0.748. The van der Waals surface area contributed by atoms with Crippen molar-refractivity contribution in [2.24, 2.45) is 0 Å². The highest BCUT2D eigenvalue weighted by Gasteiger charge is 2.10. The van der Waals surface area contributed by atoms with Gasteiger partial charge in [0.25, 0.3) is 0 Å². The molecule has 0 unspecified atom stereocenters. The molecule has 1 heterocycles. The summed E-state index contributed by atoms with van der Waals surface area (Å²) in [5, 5.41) is 11.3. The molecule has 0 bridgehead atoms. The van der Waals surface area contributed by atoms with Gasteiger partial charge in [0.1, 0.15) is 11.8 Å². The summed E-state index contributed by atoms with van der Waals surface area (Å²) in [6.45, 7) is 0. The third-order valence-corrected chi connectivity index (χ3v) is 3.08. The monoisotopic (exact) mass is 300 g/mol. The van der Waals surface area contributed by atoms with Crippen LogP contribution in [-0.4, -0.2) is 4.98 Å². The van der Waals surface area contributed by atoms with Crippen molar-refractivity contribution in [1.29, 1.82) is 5.26 Å². The number of nitrogens with zero attached hydrogens (tertiary/aromatic N) is 2. The zero-order valence-corrected chi connectivity index (χ0v) is 10.4. The maximum Gasteiger partial charge on any atom is 0.148 e. The van der Waals surface area contributed by atoms with Crippen LogP contribution < -0.4 is 0 Å². The molecular formula is C10H3BrCl2N2. The third kappa shape index (κ3) is 1.81. The van der Waals surface area contributed by atoms with Crippen molar-refractivity contribution in [3.8, 4) is 6.07 Å². The van der Waals surface area contributed by atoms with E-state index in [2.05, 4.69) is 20.9 Å². The zero-order valence-electron chi connectivity index (χ0n) is 7.26. The highest BCUT2D eigenvalue weighted by Crippen LogP contribution is 2.34. The second-order valence-electron chi connectivity index (χ2n) is 2.88. The van der Waals surface area contributed by atoms with Gasteiger partial charge >= 0.3 is 0 Å². The smallest absolute Gasteiger partial charge is 0.148 e. The molecule has 0 aliphatic heterocycles. The Kier molecular flexibility index (Phi) is 2.83. The Labute approximate surface area is 105 Å². The summed E-state index contributed by atoms with van der Waals surface area (Å²) in [7, 11) is 0. The maximum atomic E-state index is 8.89. The fraction of sp³-hybridized carbons (Fsp3) is 0. The van der Waals surface area contributed by atoms with Crippen molar-refractivity contribution in [3.63, 3.8) is 0 Å². The van der Waals surface area contributed by atoms with Gasteiger partial charge in [-0.2, -0.15) is 5.26 Å². The van der Waals surface area contributed by atoms with Crippen molar-refractivity contribution in [1.82, 2.24) is 4.98 Å². The van der Waals surface area contributed by atoms with E-state index >= 15 is 0 Å². The Morgan fingerprint density at radius 1 is 1.33 bits per heavy atom. The molecule has 0 N–H and O–H groups in total. The van der Waals surface area contributed by atoms with Gasteiger partial charge < -0.3 is 0 Å². The van der Waals surface area contributed by atoms with Gasteiger partial charge in [-0.3, -0.25) is 0 Å². The molecular weight excluding hydrogens is 299 g/mol. The summed E-state index contributed by atoms with van der Waals surface area (Å²) in [6, 6.07) is 5.32. The Morgan fingerprint density at radius 2 is 2.07 bits per heavy atom. The Balaban J connectivity index is 3.02. The van der Waals surface area contributed by atoms with Crippen LogP contribution in [0.25, 0.3) is 10.8 Å². The number of pyridine rings is 1. The molecule has 0 radical (unpaired) electrons. The molecule has 15 heavy (non-hydrogen) atoms. The molecule has 0 aliphatic rings. The summed E-state index contributed by atoms with van der Waals surface area (Å²) in [4.78, 5) is 3.98. The summed E-state index contributed by atoms with van der Waals surface area (Å²) in [5.74, 6) is 0. The molecule has 2 rings (SSSR count). The van der Waals surface area contributed by atoms with E-state index in [0.717, 1.165) is 9.86 Å². The number of hydrogen-bond acceptors (Lipinski definition) is 2. The molecule has 0 amide bonds. The van der Waals surface area contributed by atoms with E-state index in [0.29, 0.717) is 21.1 Å². The third-order valence-electron chi connectivity index (χ3n) is 1.96. The fourth-order valence-corrected chi connectivity index (χ4v) is 2.59. The minimum atomic E-state index is 0.317. The van der Waals surface area contributed by atoms with Crippen LogP contribution >= 0.6 is 39.1 Å². The van der Waals surface area contributed by atoms with E-state index < -0.39 is 0 Å². The second-order valence-corrected chi connectivity index (χ2v) is 4.57. The van der Waals surface area contributed by atoms with Crippen molar-refractivity contribution in [3.05, 3.63) is 38.5 Å². The first-order chi connectivity index (χ1) is 7.13. The van der Waals surface area contributed by atoms with Crippen LogP contribution in [0.4, 0.5) is 0 Å². The van der Waals surface area contributed by atoms with Crippen molar-refractivity contribution in [2.45, 2.75) is 0 Å². The Hall–Kier alpha value is -0.820. The van der Waals surface area contributed by atoms with Gasteiger partial charge in [-0.05, 0) is 28.1 Å². The van der Waals surface area contributed by atoms with Crippen molar-refractivity contribution >= 4 is 49.9 Å². The van der Waals surface area contributed by atoms with Gasteiger partial charge in [-0.1, -0.05) is 23.2 Å². The van der Waals surface area contributed by atoms with Crippen molar-refractivity contribution in [2.75, 3.05) is 0 Å². The van der Waals surface area contributed by atoms with E-state index in [9.17, 15) is 0 Å². The number of benzene rings is 1. The molecule has 0 fully saturated rings. The van der Waals surface area contributed by atoms with Gasteiger partial charge in [0.15, 0.2) is 0 Å². The predicted octanol–water partition coefficient (Wildman–Crippen LogP) is 4.18. The largest absolute Gasteiger partial charge is 0.244 e. The molecule has 0 saturated carbocycles. The zero-order chi connectivity index (χ0) is 11.0. The standard InChI is InChI=1S/C10H3BrCl2N2/c11-7-4-15-9(3-14)6-1-5(12)2-8(13)10(6)7/h1-2,4H. The molecule has 74 valence electrons. The van der Waals surface area contributed by atoms with E-state index in [1.54, 1.807) is 18.3 Å². The first kappa shape index (κ1) is 10.7. The second kappa shape index (κ2) is 3.97. The molecule has 0 spiro atoms. The fourth-order valence-electron chi connectivity index (χ4n) is 1.35. The summed E-state index contributed by atoms with van der Waals surface area (Å²) in [5.41, 5.74) is 0.317. The average Bonchev–Trinajstić information content (AvgIpc) is 2.17. The van der Waals surface area contributed by atoms with Crippen LogP contribution in [0.3, 0.4) is 0 Å². The SMILES string of the molecule is N#Cc1ncc(Br)c2c(Cl)cc(Cl)cc12. The van der Waals surface area contributed by atoms with E-state index in [-0.39, 0.29) is 0 Å². The lowest BCUT2D eigenvalue weighted by Crippen LogP contribution is -1.87. The highest BCUT2D eigenvalue weighted by atomic mass is 79.9. The minimum Gasteiger partial charge on any atom is -0.244 e. The molecule has 1 aromatic carbocycles. The number of hydrogen-bond donors (Lipinski definition) is 0. The number of nitriles is 1. The number of rotatable bonds is 0. The molecule has 0 saturated heterocycles. The minimum absolute atomic E-state index is 0.317. The van der Waals surface area contributed by atoms with Crippen LogP contribution in [0.5, 0.6) is 0 Å². The lowest BCUT2D eigenvalue weighted by molar-refractivity contribution is 1.28. The summed E-state index contributed by atoms with van der Waals surface area (Å²) in [6.07, 6.45) is 1.56. The van der Waals surface area contributed by atoms with Gasteiger partial charge in [-0.15, -0.1) is 0 Å². The van der Waals surface area contributed by atoms with Gasteiger partial charge in [0, 0.05) is 26.5 Å². The summed E-state index contributed by atoms with van der Waals surface area (Å²) >= 11 is 15.2. The molecule has 5 heteroatoms.